The highest BCUT2D eigenvalue weighted by Crippen LogP contribution is 2.38. The lowest BCUT2D eigenvalue weighted by Gasteiger charge is -2.16. The molecule has 154 valence electrons. The maximum absolute atomic E-state index is 14.8. The summed E-state index contributed by atoms with van der Waals surface area (Å²) >= 11 is 0. The molecule has 5 nitrogen and oxygen atoms in total. The number of pyridine rings is 1. The third-order valence-corrected chi connectivity index (χ3v) is 5.55. The molecule has 0 amide bonds. The van der Waals surface area contributed by atoms with Gasteiger partial charge in [0.25, 0.3) is 0 Å². The Kier molecular flexibility index (Phi) is 5.50. The maximum atomic E-state index is 14.8. The number of nitrogens with one attached hydrogen (secondary N) is 1. The highest BCUT2D eigenvalue weighted by Gasteiger charge is 2.29. The second-order valence-corrected chi connectivity index (χ2v) is 7.64. The molecule has 1 unspecified atom stereocenters. The Morgan fingerprint density at radius 1 is 1.34 bits per heavy atom. The number of rotatable bonds is 6. The van der Waals surface area contributed by atoms with Gasteiger partial charge >= 0.3 is 5.97 Å². The number of hydrogen-bond acceptors (Lipinski definition) is 4. The number of aromatic nitrogens is 1. The second-order valence-electron chi connectivity index (χ2n) is 7.64. The summed E-state index contributed by atoms with van der Waals surface area (Å²) in [5.41, 5.74) is -0.402. The fourth-order valence-electron chi connectivity index (χ4n) is 3.95. The normalized spacial score (nSPS) is 19.3. The van der Waals surface area contributed by atoms with E-state index in [0.29, 0.717) is 18.0 Å². The first-order valence-electron chi connectivity index (χ1n) is 10.1. The average Bonchev–Trinajstić information content (AvgIpc) is 3.41. The summed E-state index contributed by atoms with van der Waals surface area (Å²) < 4.78 is 35.8. The quantitative estimate of drug-likeness (QED) is 0.744. The Morgan fingerprint density at radius 2 is 2.14 bits per heavy atom. The molecule has 1 atom stereocenters. The Bertz CT molecular complexity index is 1030. The monoisotopic (exact) mass is 402 g/mol. The Morgan fingerprint density at radius 3 is 2.79 bits per heavy atom. The van der Waals surface area contributed by atoms with Crippen LogP contribution in [0.1, 0.15) is 61.0 Å². The third-order valence-electron chi connectivity index (χ3n) is 5.55. The molecule has 1 aliphatic carbocycles. The van der Waals surface area contributed by atoms with Crippen LogP contribution < -0.4 is 10.7 Å². The van der Waals surface area contributed by atoms with E-state index in [0.717, 1.165) is 38.3 Å². The number of fused-ring (bicyclic) bond motifs is 1. The number of ether oxygens (including phenoxy) is 1. The molecular weight excluding hydrogens is 378 g/mol. The van der Waals surface area contributed by atoms with Crippen molar-refractivity contribution < 1.29 is 18.3 Å². The van der Waals surface area contributed by atoms with Crippen LogP contribution in [0.3, 0.4) is 0 Å². The van der Waals surface area contributed by atoms with E-state index in [-0.39, 0.29) is 29.2 Å². The molecule has 1 N–H and O–H groups in total. The van der Waals surface area contributed by atoms with Gasteiger partial charge in [-0.25, -0.2) is 13.6 Å². The predicted octanol–water partition coefficient (Wildman–Crippen LogP) is 3.95. The van der Waals surface area contributed by atoms with Crippen LogP contribution in [0.2, 0.25) is 0 Å². The molecule has 7 heteroatoms. The third kappa shape index (κ3) is 3.83. The van der Waals surface area contributed by atoms with E-state index in [4.69, 9.17) is 4.74 Å². The smallest absolute Gasteiger partial charge is 0.343 e. The molecule has 0 spiro atoms. The van der Waals surface area contributed by atoms with Gasteiger partial charge in [-0.2, -0.15) is 0 Å². The average molecular weight is 402 g/mol. The molecule has 1 aliphatic heterocycles. The number of hydrogen-bond donors (Lipinski definition) is 1. The lowest BCUT2D eigenvalue weighted by atomic mass is 10.0. The SMILES string of the molecule is CCOC(=O)c1cn(C2CC2)c2c(C=CCC3CCCN3)c(F)c(F)cc2c1=O. The van der Waals surface area contributed by atoms with Crippen molar-refractivity contribution in [3.05, 3.63) is 51.3 Å². The topological polar surface area (TPSA) is 60.3 Å². The van der Waals surface area contributed by atoms with E-state index < -0.39 is 23.0 Å². The zero-order chi connectivity index (χ0) is 20.5. The van der Waals surface area contributed by atoms with Crippen molar-refractivity contribution in [2.75, 3.05) is 13.2 Å². The van der Waals surface area contributed by atoms with Gasteiger partial charge in [-0.15, -0.1) is 0 Å². The zero-order valence-electron chi connectivity index (χ0n) is 16.3. The Hall–Kier alpha value is -2.54. The van der Waals surface area contributed by atoms with Crippen molar-refractivity contribution in [3.63, 3.8) is 0 Å². The molecule has 2 heterocycles. The second kappa shape index (κ2) is 8.06. The molecule has 29 heavy (non-hydrogen) atoms. The van der Waals surface area contributed by atoms with E-state index in [2.05, 4.69) is 5.32 Å². The fraction of sp³-hybridized carbons (Fsp3) is 0.455. The van der Waals surface area contributed by atoms with Crippen LogP contribution in [0, 0.1) is 11.6 Å². The van der Waals surface area contributed by atoms with Gasteiger partial charge in [0.15, 0.2) is 11.6 Å². The molecular formula is C22H24F2N2O3. The predicted molar refractivity (Wildman–Crippen MR) is 107 cm³/mol. The molecule has 1 aromatic heterocycles. The van der Waals surface area contributed by atoms with Gasteiger partial charge in [0.2, 0.25) is 5.43 Å². The Labute approximate surface area is 167 Å². The first-order valence-corrected chi connectivity index (χ1v) is 10.1. The molecule has 4 rings (SSSR count). The summed E-state index contributed by atoms with van der Waals surface area (Å²) in [7, 11) is 0. The summed E-state index contributed by atoms with van der Waals surface area (Å²) in [6, 6.07) is 1.28. The van der Waals surface area contributed by atoms with Crippen molar-refractivity contribution >= 4 is 22.9 Å². The van der Waals surface area contributed by atoms with Crippen LogP contribution in [-0.2, 0) is 4.74 Å². The van der Waals surface area contributed by atoms with E-state index in [1.807, 2.05) is 6.08 Å². The number of benzene rings is 1. The van der Waals surface area contributed by atoms with Crippen LogP contribution >= 0.6 is 0 Å². The summed E-state index contributed by atoms with van der Waals surface area (Å²) in [6.45, 7) is 2.74. The highest BCUT2D eigenvalue weighted by atomic mass is 19.2. The van der Waals surface area contributed by atoms with E-state index in [1.54, 1.807) is 17.6 Å². The number of nitrogens with zero attached hydrogens (tertiary/aromatic N) is 1. The van der Waals surface area contributed by atoms with E-state index in [1.165, 1.54) is 6.20 Å². The van der Waals surface area contributed by atoms with Crippen LogP contribution in [0.15, 0.2) is 23.1 Å². The summed E-state index contributed by atoms with van der Waals surface area (Å²) in [5, 5.41) is 3.36. The van der Waals surface area contributed by atoms with Gasteiger partial charge in [-0.3, -0.25) is 4.79 Å². The molecule has 2 fully saturated rings. The molecule has 2 aromatic rings. The van der Waals surface area contributed by atoms with Crippen molar-refractivity contribution in [1.29, 1.82) is 0 Å². The maximum Gasteiger partial charge on any atom is 0.343 e. The van der Waals surface area contributed by atoms with Gasteiger partial charge in [0.1, 0.15) is 5.56 Å². The van der Waals surface area contributed by atoms with E-state index in [9.17, 15) is 18.4 Å². The lowest BCUT2D eigenvalue weighted by molar-refractivity contribution is 0.0524. The van der Waals surface area contributed by atoms with Crippen LogP contribution in [0.5, 0.6) is 0 Å². The standard InChI is InChI=1S/C22H24F2N2O3/c1-2-29-22(28)17-12-26(14-8-9-14)20-15(7-3-5-13-6-4-10-25-13)19(24)18(23)11-16(20)21(17)27/h3,7,11-14,25H,2,4-6,8-10H2,1H3. The van der Waals surface area contributed by atoms with Gasteiger partial charge in [-0.1, -0.05) is 12.2 Å². The number of carbonyl (C=O) groups is 1. The minimum Gasteiger partial charge on any atom is -0.462 e. The number of halogens is 2. The summed E-state index contributed by atoms with van der Waals surface area (Å²) in [5.74, 6) is -2.83. The fourth-order valence-corrected chi connectivity index (χ4v) is 3.95. The molecule has 2 aliphatic rings. The van der Waals surface area contributed by atoms with Crippen molar-refractivity contribution in [3.8, 4) is 0 Å². The van der Waals surface area contributed by atoms with Gasteiger partial charge < -0.3 is 14.6 Å². The van der Waals surface area contributed by atoms with Crippen LogP contribution in [0.25, 0.3) is 17.0 Å². The summed E-state index contributed by atoms with van der Waals surface area (Å²) in [4.78, 5) is 25.1. The number of esters is 1. The zero-order valence-corrected chi connectivity index (χ0v) is 16.3. The van der Waals surface area contributed by atoms with E-state index >= 15 is 0 Å². The molecule has 1 saturated carbocycles. The van der Waals surface area contributed by atoms with Crippen LogP contribution in [0.4, 0.5) is 8.78 Å². The first-order chi connectivity index (χ1) is 14.0. The lowest BCUT2D eigenvalue weighted by Crippen LogP contribution is -2.22. The first kappa shape index (κ1) is 19.8. The van der Waals surface area contributed by atoms with Crippen molar-refractivity contribution in [2.45, 2.75) is 51.1 Å². The minimum absolute atomic E-state index is 0.00000514. The van der Waals surface area contributed by atoms with Gasteiger partial charge in [0, 0.05) is 23.8 Å². The molecule has 0 radical (unpaired) electrons. The van der Waals surface area contributed by atoms with Crippen LogP contribution in [-0.4, -0.2) is 29.7 Å². The number of carbonyl (C=O) groups excluding carboxylic acids is 1. The van der Waals surface area contributed by atoms with Gasteiger partial charge in [-0.05, 0) is 51.6 Å². The molecule has 0 bridgehead atoms. The minimum atomic E-state index is -1.10. The molecule has 1 aromatic carbocycles. The Balaban J connectivity index is 1.87. The highest BCUT2D eigenvalue weighted by molar-refractivity contribution is 5.96. The molecule has 1 saturated heterocycles. The van der Waals surface area contributed by atoms with Crippen molar-refractivity contribution in [2.24, 2.45) is 0 Å². The summed E-state index contributed by atoms with van der Waals surface area (Å²) in [6.07, 6.45) is 9.38. The van der Waals surface area contributed by atoms with Crippen molar-refractivity contribution in [1.82, 2.24) is 9.88 Å². The largest absolute Gasteiger partial charge is 0.462 e. The van der Waals surface area contributed by atoms with Gasteiger partial charge in [0.05, 0.1) is 17.5 Å².